The van der Waals surface area contributed by atoms with Crippen LogP contribution in [0.15, 0.2) is 48.5 Å². The number of ether oxygens (including phenoxy) is 2. The smallest absolute Gasteiger partial charge is 0.171 e. The van der Waals surface area contributed by atoms with Gasteiger partial charge in [0.15, 0.2) is 5.11 Å². The van der Waals surface area contributed by atoms with Crippen LogP contribution in [-0.2, 0) is 6.54 Å². The van der Waals surface area contributed by atoms with Crippen LogP contribution in [0.3, 0.4) is 0 Å². The Kier molecular flexibility index (Phi) is 5.40. The van der Waals surface area contributed by atoms with Crippen LogP contribution in [-0.4, -0.2) is 19.3 Å². The molecule has 0 spiro atoms. The first kappa shape index (κ1) is 15.1. The van der Waals surface area contributed by atoms with Crippen LogP contribution < -0.4 is 20.1 Å². The van der Waals surface area contributed by atoms with Crippen molar-refractivity contribution < 1.29 is 9.47 Å². The third-order valence-electron chi connectivity index (χ3n) is 2.91. The van der Waals surface area contributed by atoms with Gasteiger partial charge in [0.05, 0.1) is 14.2 Å². The van der Waals surface area contributed by atoms with Gasteiger partial charge < -0.3 is 20.1 Å². The van der Waals surface area contributed by atoms with Gasteiger partial charge in [0.25, 0.3) is 0 Å². The van der Waals surface area contributed by atoms with Crippen molar-refractivity contribution in [2.24, 2.45) is 0 Å². The van der Waals surface area contributed by atoms with Crippen molar-refractivity contribution in [1.82, 2.24) is 5.32 Å². The maximum atomic E-state index is 5.29. The summed E-state index contributed by atoms with van der Waals surface area (Å²) in [5.41, 5.74) is 1.99. The molecule has 0 saturated carbocycles. The van der Waals surface area contributed by atoms with E-state index in [9.17, 15) is 0 Å². The summed E-state index contributed by atoms with van der Waals surface area (Å²) < 4.78 is 10.4. The number of rotatable bonds is 5. The van der Waals surface area contributed by atoms with Gasteiger partial charge in [-0.1, -0.05) is 30.3 Å². The molecule has 2 aromatic rings. The standard InChI is InChI=1S/C16H18N2O2S/c1-19-14-8-13(9-15(10-14)20-2)18-16(21)17-11-12-6-4-3-5-7-12/h3-10H,11H2,1-2H3,(H2,17,18,21). The minimum atomic E-state index is 0.550. The van der Waals surface area contributed by atoms with E-state index in [1.165, 1.54) is 5.56 Å². The van der Waals surface area contributed by atoms with E-state index in [4.69, 9.17) is 21.7 Å². The molecule has 0 saturated heterocycles. The lowest BCUT2D eigenvalue weighted by Crippen LogP contribution is -2.27. The third-order valence-corrected chi connectivity index (χ3v) is 3.15. The highest BCUT2D eigenvalue weighted by Crippen LogP contribution is 2.25. The Bertz CT molecular complexity index is 580. The Morgan fingerprint density at radius 3 is 2.19 bits per heavy atom. The van der Waals surface area contributed by atoms with Gasteiger partial charge in [-0.25, -0.2) is 0 Å². The Morgan fingerprint density at radius 1 is 1.00 bits per heavy atom. The fourth-order valence-electron chi connectivity index (χ4n) is 1.83. The summed E-state index contributed by atoms with van der Waals surface area (Å²) in [6.07, 6.45) is 0. The molecule has 0 aliphatic carbocycles. The molecule has 0 aliphatic heterocycles. The van der Waals surface area contributed by atoms with Crippen molar-refractivity contribution in [2.75, 3.05) is 19.5 Å². The quantitative estimate of drug-likeness (QED) is 0.830. The molecule has 0 atom stereocenters. The molecule has 2 aromatic carbocycles. The molecule has 2 rings (SSSR count). The van der Waals surface area contributed by atoms with E-state index in [1.54, 1.807) is 14.2 Å². The number of anilines is 1. The Balaban J connectivity index is 1.96. The van der Waals surface area contributed by atoms with Gasteiger partial charge in [0.1, 0.15) is 11.5 Å². The van der Waals surface area contributed by atoms with Crippen LogP contribution in [0.25, 0.3) is 0 Å². The molecule has 4 nitrogen and oxygen atoms in total. The molecule has 0 aliphatic rings. The zero-order valence-corrected chi connectivity index (χ0v) is 12.9. The summed E-state index contributed by atoms with van der Waals surface area (Å²) in [5.74, 6) is 1.42. The van der Waals surface area contributed by atoms with E-state index >= 15 is 0 Å². The number of hydrogen-bond acceptors (Lipinski definition) is 3. The van der Waals surface area contributed by atoms with Crippen molar-refractivity contribution in [3.63, 3.8) is 0 Å². The number of thiocarbonyl (C=S) groups is 1. The first-order valence-corrected chi connectivity index (χ1v) is 6.94. The second kappa shape index (κ2) is 7.50. The maximum Gasteiger partial charge on any atom is 0.171 e. The summed E-state index contributed by atoms with van der Waals surface area (Å²) in [7, 11) is 3.23. The number of benzene rings is 2. The van der Waals surface area contributed by atoms with Crippen LogP contribution >= 0.6 is 12.2 Å². The second-order valence-corrected chi connectivity index (χ2v) is 4.80. The lowest BCUT2D eigenvalue weighted by Gasteiger charge is -2.13. The van der Waals surface area contributed by atoms with Gasteiger partial charge >= 0.3 is 0 Å². The minimum Gasteiger partial charge on any atom is -0.497 e. The van der Waals surface area contributed by atoms with E-state index < -0.39 is 0 Å². The monoisotopic (exact) mass is 302 g/mol. The summed E-state index contributed by atoms with van der Waals surface area (Å²) in [5, 5.41) is 6.83. The molecule has 0 heterocycles. The average molecular weight is 302 g/mol. The predicted octanol–water partition coefficient (Wildman–Crippen LogP) is 3.19. The molecule has 0 fully saturated rings. The molecule has 0 bridgehead atoms. The molecule has 0 unspecified atom stereocenters. The third kappa shape index (κ3) is 4.65. The first-order valence-electron chi connectivity index (χ1n) is 6.53. The number of nitrogens with one attached hydrogen (secondary N) is 2. The zero-order valence-electron chi connectivity index (χ0n) is 12.1. The van der Waals surface area contributed by atoms with Gasteiger partial charge in [-0.2, -0.15) is 0 Å². The summed E-state index contributed by atoms with van der Waals surface area (Å²) in [6.45, 7) is 0.674. The van der Waals surface area contributed by atoms with Crippen LogP contribution in [0, 0.1) is 0 Å². The highest BCUT2D eigenvalue weighted by molar-refractivity contribution is 7.80. The van der Waals surface area contributed by atoms with E-state index in [1.807, 2.05) is 48.5 Å². The Hall–Kier alpha value is -2.27. The highest BCUT2D eigenvalue weighted by Gasteiger charge is 2.03. The van der Waals surface area contributed by atoms with Gasteiger partial charge in [-0.05, 0) is 17.8 Å². The van der Waals surface area contributed by atoms with E-state index in [2.05, 4.69) is 10.6 Å². The molecule has 0 aromatic heterocycles. The highest BCUT2D eigenvalue weighted by atomic mass is 32.1. The first-order chi connectivity index (χ1) is 10.2. The summed E-state index contributed by atoms with van der Waals surface area (Å²) in [4.78, 5) is 0. The SMILES string of the molecule is COc1cc(NC(=S)NCc2ccccc2)cc(OC)c1. The van der Waals surface area contributed by atoms with Gasteiger partial charge in [-0.3, -0.25) is 0 Å². The molecule has 5 heteroatoms. The summed E-state index contributed by atoms with van der Waals surface area (Å²) >= 11 is 5.29. The van der Waals surface area contributed by atoms with Crippen molar-refractivity contribution in [3.8, 4) is 11.5 Å². The second-order valence-electron chi connectivity index (χ2n) is 4.39. The Labute approximate surface area is 130 Å². The lowest BCUT2D eigenvalue weighted by atomic mass is 10.2. The van der Waals surface area contributed by atoms with Crippen molar-refractivity contribution in [2.45, 2.75) is 6.54 Å². The normalized spacial score (nSPS) is 9.81. The van der Waals surface area contributed by atoms with Crippen molar-refractivity contribution >= 4 is 23.0 Å². The van der Waals surface area contributed by atoms with Crippen LogP contribution in [0.4, 0.5) is 5.69 Å². The fraction of sp³-hybridized carbons (Fsp3) is 0.188. The molecular formula is C16H18N2O2S. The molecule has 0 radical (unpaired) electrons. The molecule has 2 N–H and O–H groups in total. The molecule has 110 valence electrons. The Morgan fingerprint density at radius 2 is 1.62 bits per heavy atom. The minimum absolute atomic E-state index is 0.550. The predicted molar refractivity (Wildman–Crippen MR) is 89.0 cm³/mol. The van der Waals surface area contributed by atoms with Gasteiger partial charge in [0.2, 0.25) is 0 Å². The van der Waals surface area contributed by atoms with Crippen LogP contribution in [0.1, 0.15) is 5.56 Å². The van der Waals surface area contributed by atoms with Gasteiger partial charge in [-0.15, -0.1) is 0 Å². The van der Waals surface area contributed by atoms with Crippen molar-refractivity contribution in [3.05, 3.63) is 54.1 Å². The maximum absolute atomic E-state index is 5.29. The number of methoxy groups -OCH3 is 2. The zero-order chi connectivity index (χ0) is 15.1. The fourth-order valence-corrected chi connectivity index (χ4v) is 2.02. The summed E-state index contributed by atoms with van der Waals surface area (Å²) in [6, 6.07) is 15.6. The van der Waals surface area contributed by atoms with Crippen LogP contribution in [0.5, 0.6) is 11.5 Å². The van der Waals surface area contributed by atoms with E-state index in [0.29, 0.717) is 23.2 Å². The average Bonchev–Trinajstić information content (AvgIpc) is 2.53. The number of hydrogen-bond donors (Lipinski definition) is 2. The molecule has 21 heavy (non-hydrogen) atoms. The van der Waals surface area contributed by atoms with E-state index in [0.717, 1.165) is 5.69 Å². The van der Waals surface area contributed by atoms with E-state index in [-0.39, 0.29) is 0 Å². The molecular weight excluding hydrogens is 284 g/mol. The van der Waals surface area contributed by atoms with Gasteiger partial charge in [0, 0.05) is 30.4 Å². The largest absolute Gasteiger partial charge is 0.497 e. The van der Waals surface area contributed by atoms with Crippen LogP contribution in [0.2, 0.25) is 0 Å². The lowest BCUT2D eigenvalue weighted by molar-refractivity contribution is 0.395. The topological polar surface area (TPSA) is 42.5 Å². The van der Waals surface area contributed by atoms with Crippen molar-refractivity contribution in [1.29, 1.82) is 0 Å². The molecule has 0 amide bonds.